The first-order valence-corrected chi connectivity index (χ1v) is 5.84. The minimum absolute atomic E-state index is 0.458. The Bertz CT molecular complexity index is 554. The van der Waals surface area contributed by atoms with Crippen LogP contribution >= 0.6 is 0 Å². The van der Waals surface area contributed by atoms with E-state index in [1.165, 1.54) is 13.8 Å². The fraction of sp³-hybridized carbons (Fsp3) is 0.188. The Morgan fingerprint density at radius 3 is 2.11 bits per heavy atom. The molecule has 0 aromatic heterocycles. The molecule has 0 amide bonds. The fourth-order valence-corrected chi connectivity index (χ4v) is 1.67. The number of rotatable bonds is 3. The van der Waals surface area contributed by atoms with Gasteiger partial charge in [0.15, 0.2) is 0 Å². The van der Waals surface area contributed by atoms with Crippen LogP contribution in [0.3, 0.4) is 0 Å². The van der Waals surface area contributed by atoms with Crippen LogP contribution in [0.5, 0.6) is 0 Å². The Morgan fingerprint density at radius 2 is 1.56 bits per heavy atom. The SMILES string of the molecule is [2H]C(C)(C)OC(=O)c1ccc(-c2ccccc2)cc1. The van der Waals surface area contributed by atoms with Gasteiger partial charge in [-0.15, -0.1) is 0 Å². The molecule has 92 valence electrons. The quantitative estimate of drug-likeness (QED) is 0.761. The molecule has 0 saturated carbocycles. The predicted molar refractivity (Wildman–Crippen MR) is 72.4 cm³/mol. The molecule has 0 N–H and O–H groups in total. The number of hydrogen-bond donors (Lipinski definition) is 0. The van der Waals surface area contributed by atoms with E-state index in [0.717, 1.165) is 11.1 Å². The summed E-state index contributed by atoms with van der Waals surface area (Å²) in [6, 6.07) is 17.1. The molecule has 2 aromatic rings. The van der Waals surface area contributed by atoms with Crippen LogP contribution in [-0.2, 0) is 4.74 Å². The van der Waals surface area contributed by atoms with E-state index in [1.54, 1.807) is 12.1 Å². The normalized spacial score (nSPS) is 11.8. The molecular weight excluding hydrogens is 224 g/mol. The van der Waals surface area contributed by atoms with Gasteiger partial charge in [-0.25, -0.2) is 4.79 Å². The lowest BCUT2D eigenvalue weighted by atomic mass is 10.0. The molecule has 0 heterocycles. The lowest BCUT2D eigenvalue weighted by Crippen LogP contribution is -2.11. The van der Waals surface area contributed by atoms with E-state index >= 15 is 0 Å². The van der Waals surface area contributed by atoms with E-state index < -0.39 is 12.0 Å². The van der Waals surface area contributed by atoms with Gasteiger partial charge in [-0.1, -0.05) is 42.5 Å². The van der Waals surface area contributed by atoms with Gasteiger partial charge in [-0.3, -0.25) is 0 Å². The topological polar surface area (TPSA) is 26.3 Å². The second-order valence-electron chi connectivity index (χ2n) is 4.24. The molecule has 0 fully saturated rings. The second-order valence-corrected chi connectivity index (χ2v) is 4.24. The van der Waals surface area contributed by atoms with Crippen LogP contribution in [0.2, 0.25) is 0 Å². The lowest BCUT2D eigenvalue weighted by Gasteiger charge is -2.08. The zero-order chi connectivity index (χ0) is 13.9. The summed E-state index contributed by atoms with van der Waals surface area (Å²) in [5.41, 5.74) is 2.60. The molecule has 0 spiro atoms. The second kappa shape index (κ2) is 5.50. The van der Waals surface area contributed by atoms with Crippen LogP contribution in [0, 0.1) is 0 Å². The minimum Gasteiger partial charge on any atom is -0.459 e. The van der Waals surface area contributed by atoms with E-state index in [1.807, 2.05) is 42.5 Å². The summed E-state index contributed by atoms with van der Waals surface area (Å²) >= 11 is 0. The van der Waals surface area contributed by atoms with Crippen molar-refractivity contribution in [3.05, 3.63) is 60.2 Å². The number of ether oxygens (including phenoxy) is 1. The highest BCUT2D eigenvalue weighted by Crippen LogP contribution is 2.19. The van der Waals surface area contributed by atoms with E-state index in [4.69, 9.17) is 6.11 Å². The lowest BCUT2D eigenvalue weighted by molar-refractivity contribution is 0.0378. The molecule has 0 aliphatic carbocycles. The van der Waals surface area contributed by atoms with Crippen molar-refractivity contribution in [2.24, 2.45) is 0 Å². The number of hydrogen-bond acceptors (Lipinski definition) is 2. The zero-order valence-corrected chi connectivity index (χ0v) is 10.5. The summed E-state index contributed by atoms with van der Waals surface area (Å²) < 4.78 is 12.5. The third-order valence-corrected chi connectivity index (χ3v) is 2.52. The van der Waals surface area contributed by atoms with E-state index in [0.29, 0.717) is 5.56 Å². The minimum atomic E-state index is -1.21. The standard InChI is InChI=1S/C16H16O2/c1-12(2)18-16(17)15-10-8-14(9-11-15)13-6-4-3-5-7-13/h3-12H,1-2H3/i12D. The van der Waals surface area contributed by atoms with Gasteiger partial charge in [0, 0.05) is 0 Å². The van der Waals surface area contributed by atoms with Gasteiger partial charge in [-0.05, 0) is 37.1 Å². The van der Waals surface area contributed by atoms with Crippen LogP contribution < -0.4 is 0 Å². The molecule has 0 aliphatic rings. The molecule has 2 aromatic carbocycles. The van der Waals surface area contributed by atoms with Gasteiger partial charge in [0.25, 0.3) is 0 Å². The highest BCUT2D eigenvalue weighted by atomic mass is 16.5. The molecular formula is C16H16O2. The predicted octanol–water partition coefficient (Wildman–Crippen LogP) is 3.92. The van der Waals surface area contributed by atoms with Crippen LogP contribution in [-0.4, -0.2) is 12.0 Å². The molecule has 0 radical (unpaired) electrons. The highest BCUT2D eigenvalue weighted by Gasteiger charge is 2.08. The van der Waals surface area contributed by atoms with E-state index in [2.05, 4.69) is 0 Å². The summed E-state index contributed by atoms with van der Waals surface area (Å²) in [7, 11) is 0. The first kappa shape index (κ1) is 11.0. The van der Waals surface area contributed by atoms with Crippen molar-refractivity contribution < 1.29 is 10.9 Å². The summed E-state index contributed by atoms with van der Waals surface area (Å²) in [6.45, 7) is 3.06. The maximum Gasteiger partial charge on any atom is 0.338 e. The molecule has 0 aliphatic heterocycles. The van der Waals surface area contributed by atoms with Crippen LogP contribution in [0.15, 0.2) is 54.6 Å². The third-order valence-electron chi connectivity index (χ3n) is 2.52. The first-order chi connectivity index (χ1) is 8.96. The van der Waals surface area contributed by atoms with Crippen molar-refractivity contribution in [2.45, 2.75) is 19.9 Å². The van der Waals surface area contributed by atoms with E-state index in [-0.39, 0.29) is 0 Å². The van der Waals surface area contributed by atoms with Crippen molar-refractivity contribution in [1.29, 1.82) is 0 Å². The molecule has 2 heteroatoms. The fourth-order valence-electron chi connectivity index (χ4n) is 1.67. The van der Waals surface area contributed by atoms with Crippen LogP contribution in [0.4, 0.5) is 0 Å². The van der Waals surface area contributed by atoms with E-state index in [9.17, 15) is 4.79 Å². The number of carbonyl (C=O) groups excluding carboxylic acids is 1. The van der Waals surface area contributed by atoms with Crippen molar-refractivity contribution in [3.8, 4) is 11.1 Å². The zero-order valence-electron chi connectivity index (χ0n) is 11.5. The molecule has 2 rings (SSSR count). The Hall–Kier alpha value is -2.09. The van der Waals surface area contributed by atoms with Crippen molar-refractivity contribution in [1.82, 2.24) is 0 Å². The average Bonchev–Trinajstić information content (AvgIpc) is 2.38. The molecule has 2 nitrogen and oxygen atoms in total. The molecule has 18 heavy (non-hydrogen) atoms. The number of esters is 1. The summed E-state index contributed by atoms with van der Waals surface area (Å²) in [6.07, 6.45) is -1.21. The van der Waals surface area contributed by atoms with Gasteiger partial charge >= 0.3 is 5.97 Å². The Kier molecular flexibility index (Phi) is 3.37. The van der Waals surface area contributed by atoms with Crippen molar-refractivity contribution in [3.63, 3.8) is 0 Å². The summed E-state index contributed by atoms with van der Waals surface area (Å²) in [5.74, 6) is -0.473. The van der Waals surface area contributed by atoms with Gasteiger partial charge in [0.2, 0.25) is 0 Å². The Balaban J connectivity index is 2.17. The smallest absolute Gasteiger partial charge is 0.338 e. The average molecular weight is 241 g/mol. The van der Waals surface area contributed by atoms with Crippen molar-refractivity contribution in [2.75, 3.05) is 0 Å². The first-order valence-electron chi connectivity index (χ1n) is 6.34. The Labute approximate surface area is 109 Å². The molecule has 0 bridgehead atoms. The Morgan fingerprint density at radius 1 is 1.00 bits per heavy atom. The van der Waals surface area contributed by atoms with Crippen LogP contribution in [0.25, 0.3) is 11.1 Å². The maximum atomic E-state index is 11.8. The number of benzene rings is 2. The largest absolute Gasteiger partial charge is 0.459 e. The molecule has 0 unspecified atom stereocenters. The summed E-state index contributed by atoms with van der Waals surface area (Å²) in [4.78, 5) is 11.8. The highest BCUT2D eigenvalue weighted by molar-refractivity contribution is 5.90. The van der Waals surface area contributed by atoms with Crippen LogP contribution in [0.1, 0.15) is 25.6 Å². The van der Waals surface area contributed by atoms with Gasteiger partial charge in [0.1, 0.15) is 0 Å². The molecule has 0 saturated heterocycles. The van der Waals surface area contributed by atoms with Crippen molar-refractivity contribution >= 4 is 5.97 Å². The monoisotopic (exact) mass is 241 g/mol. The van der Waals surface area contributed by atoms with Gasteiger partial charge < -0.3 is 4.74 Å². The number of carbonyl (C=O) groups is 1. The molecule has 0 atom stereocenters. The van der Waals surface area contributed by atoms with Gasteiger partial charge in [-0.2, -0.15) is 0 Å². The third kappa shape index (κ3) is 2.98. The summed E-state index contributed by atoms with van der Waals surface area (Å²) in [5, 5.41) is 0. The van der Waals surface area contributed by atoms with Gasteiger partial charge in [0.05, 0.1) is 13.0 Å². The maximum absolute atomic E-state index is 11.8.